The minimum Gasteiger partial charge on any atom is -0.345 e. The Kier molecular flexibility index (Phi) is 4.40. The maximum atomic E-state index is 4.57. The average molecular weight is 253 g/mol. The summed E-state index contributed by atoms with van der Waals surface area (Å²) in [6.07, 6.45) is 4.61. The summed E-state index contributed by atoms with van der Waals surface area (Å²) in [5.74, 6) is 0.863. The molecule has 2 rings (SSSR count). The van der Waals surface area contributed by atoms with Gasteiger partial charge in [-0.1, -0.05) is 13.8 Å². The monoisotopic (exact) mass is 253 g/mol. The molecule has 17 heavy (non-hydrogen) atoms. The van der Waals surface area contributed by atoms with Crippen molar-refractivity contribution in [3.63, 3.8) is 0 Å². The van der Waals surface area contributed by atoms with Crippen LogP contribution in [0.25, 0.3) is 0 Å². The lowest BCUT2D eigenvalue weighted by Crippen LogP contribution is -2.40. The van der Waals surface area contributed by atoms with Crippen molar-refractivity contribution in [3.05, 3.63) is 11.1 Å². The summed E-state index contributed by atoms with van der Waals surface area (Å²) in [6, 6.07) is 0.636. The van der Waals surface area contributed by atoms with Gasteiger partial charge in [0.15, 0.2) is 5.13 Å². The van der Waals surface area contributed by atoms with Crippen LogP contribution >= 0.6 is 11.3 Å². The SMILES string of the molecule is CCNCc1cnc(N2CCC(C)CC2C)s1. The first kappa shape index (κ1) is 12.8. The van der Waals surface area contributed by atoms with Gasteiger partial charge in [-0.25, -0.2) is 4.98 Å². The van der Waals surface area contributed by atoms with E-state index >= 15 is 0 Å². The van der Waals surface area contributed by atoms with Crippen molar-refractivity contribution in [1.82, 2.24) is 10.3 Å². The molecule has 0 aliphatic carbocycles. The third-order valence-corrected chi connectivity index (χ3v) is 4.51. The van der Waals surface area contributed by atoms with Gasteiger partial charge in [0.25, 0.3) is 0 Å². The van der Waals surface area contributed by atoms with E-state index in [0.717, 1.165) is 25.6 Å². The topological polar surface area (TPSA) is 28.2 Å². The highest BCUT2D eigenvalue weighted by atomic mass is 32.1. The fraction of sp³-hybridized carbons (Fsp3) is 0.769. The molecule has 0 saturated carbocycles. The minimum absolute atomic E-state index is 0.636. The third-order valence-electron chi connectivity index (χ3n) is 3.47. The van der Waals surface area contributed by atoms with Gasteiger partial charge >= 0.3 is 0 Å². The molecule has 0 aromatic carbocycles. The van der Waals surface area contributed by atoms with Crippen LogP contribution in [0.5, 0.6) is 0 Å². The van der Waals surface area contributed by atoms with E-state index in [1.807, 2.05) is 17.5 Å². The summed E-state index contributed by atoms with van der Waals surface area (Å²) in [6.45, 7) is 9.94. The van der Waals surface area contributed by atoms with E-state index in [1.165, 1.54) is 22.9 Å². The summed E-state index contributed by atoms with van der Waals surface area (Å²) in [5.41, 5.74) is 0. The quantitative estimate of drug-likeness (QED) is 0.894. The number of nitrogens with one attached hydrogen (secondary N) is 1. The molecular formula is C13H23N3S. The third kappa shape index (κ3) is 3.19. The molecule has 1 aliphatic heterocycles. The average Bonchev–Trinajstić information content (AvgIpc) is 2.75. The number of hydrogen-bond acceptors (Lipinski definition) is 4. The molecule has 1 saturated heterocycles. The molecule has 2 heterocycles. The van der Waals surface area contributed by atoms with Gasteiger partial charge in [0.1, 0.15) is 0 Å². The zero-order valence-electron chi connectivity index (χ0n) is 11.1. The van der Waals surface area contributed by atoms with Crippen LogP contribution in [0.2, 0.25) is 0 Å². The Morgan fingerprint density at radius 2 is 2.35 bits per heavy atom. The van der Waals surface area contributed by atoms with Gasteiger partial charge in [0.05, 0.1) is 0 Å². The fourth-order valence-electron chi connectivity index (χ4n) is 2.45. The molecule has 1 aromatic heterocycles. The Hall–Kier alpha value is -0.610. The Morgan fingerprint density at radius 1 is 1.53 bits per heavy atom. The number of hydrogen-bond donors (Lipinski definition) is 1. The van der Waals surface area contributed by atoms with Gasteiger partial charge in [-0.15, -0.1) is 11.3 Å². The van der Waals surface area contributed by atoms with Crippen LogP contribution in [0.1, 0.15) is 38.5 Å². The highest BCUT2D eigenvalue weighted by Crippen LogP contribution is 2.30. The predicted molar refractivity (Wildman–Crippen MR) is 74.7 cm³/mol. The van der Waals surface area contributed by atoms with Gasteiger partial charge < -0.3 is 10.2 Å². The molecule has 4 heteroatoms. The fourth-order valence-corrected chi connectivity index (χ4v) is 3.46. The Bertz CT molecular complexity index is 350. The first-order valence-electron chi connectivity index (χ1n) is 6.62. The van der Waals surface area contributed by atoms with Crippen LogP contribution in [-0.2, 0) is 6.54 Å². The smallest absolute Gasteiger partial charge is 0.185 e. The number of aromatic nitrogens is 1. The summed E-state index contributed by atoms with van der Waals surface area (Å²) in [4.78, 5) is 8.39. The van der Waals surface area contributed by atoms with E-state index in [0.29, 0.717) is 6.04 Å². The van der Waals surface area contributed by atoms with Gasteiger partial charge in [0, 0.05) is 30.2 Å². The molecule has 0 amide bonds. The van der Waals surface area contributed by atoms with Crippen molar-refractivity contribution in [1.29, 1.82) is 0 Å². The van der Waals surface area contributed by atoms with Crippen LogP contribution < -0.4 is 10.2 Å². The second kappa shape index (κ2) is 5.83. The molecule has 1 N–H and O–H groups in total. The molecule has 1 aliphatic rings. The van der Waals surface area contributed by atoms with Crippen molar-refractivity contribution in [2.24, 2.45) is 5.92 Å². The molecule has 1 aromatic rings. The summed E-state index contributed by atoms with van der Waals surface area (Å²) >= 11 is 1.84. The highest BCUT2D eigenvalue weighted by molar-refractivity contribution is 7.15. The van der Waals surface area contributed by atoms with Crippen LogP contribution in [0.15, 0.2) is 6.20 Å². The molecule has 1 fully saturated rings. The second-order valence-electron chi connectivity index (χ2n) is 5.06. The van der Waals surface area contributed by atoms with Crippen LogP contribution in [0.4, 0.5) is 5.13 Å². The second-order valence-corrected chi connectivity index (χ2v) is 6.16. The number of nitrogens with zero attached hydrogens (tertiary/aromatic N) is 2. The zero-order valence-corrected chi connectivity index (χ0v) is 11.9. The van der Waals surface area contributed by atoms with Gasteiger partial charge in [-0.3, -0.25) is 0 Å². The van der Waals surface area contributed by atoms with Gasteiger partial charge in [-0.05, 0) is 32.2 Å². The summed E-state index contributed by atoms with van der Waals surface area (Å²) < 4.78 is 0. The molecule has 96 valence electrons. The zero-order chi connectivity index (χ0) is 12.3. The van der Waals surface area contributed by atoms with Crippen molar-refractivity contribution >= 4 is 16.5 Å². The maximum absolute atomic E-state index is 4.57. The van der Waals surface area contributed by atoms with Crippen LogP contribution in [0, 0.1) is 5.92 Å². The summed E-state index contributed by atoms with van der Waals surface area (Å²) in [5, 5.41) is 4.56. The molecule has 0 bridgehead atoms. The molecule has 0 spiro atoms. The number of anilines is 1. The van der Waals surface area contributed by atoms with E-state index < -0.39 is 0 Å². The number of rotatable bonds is 4. The molecular weight excluding hydrogens is 230 g/mol. The number of piperidine rings is 1. The Labute approximate surface area is 108 Å². The Balaban J connectivity index is 1.99. The van der Waals surface area contributed by atoms with E-state index in [2.05, 4.69) is 36.0 Å². The van der Waals surface area contributed by atoms with Crippen LogP contribution in [0.3, 0.4) is 0 Å². The molecule has 2 atom stereocenters. The van der Waals surface area contributed by atoms with Gasteiger partial charge in [0.2, 0.25) is 0 Å². The van der Waals surface area contributed by atoms with Crippen molar-refractivity contribution in [3.8, 4) is 0 Å². The lowest BCUT2D eigenvalue weighted by Gasteiger charge is -2.36. The van der Waals surface area contributed by atoms with E-state index in [1.54, 1.807) is 0 Å². The van der Waals surface area contributed by atoms with Crippen molar-refractivity contribution < 1.29 is 0 Å². The number of thiazole rings is 1. The minimum atomic E-state index is 0.636. The normalized spacial score (nSPS) is 25.2. The summed E-state index contributed by atoms with van der Waals surface area (Å²) in [7, 11) is 0. The molecule has 0 radical (unpaired) electrons. The maximum Gasteiger partial charge on any atom is 0.185 e. The van der Waals surface area contributed by atoms with Crippen LogP contribution in [-0.4, -0.2) is 24.1 Å². The van der Waals surface area contributed by atoms with E-state index in [-0.39, 0.29) is 0 Å². The lowest BCUT2D eigenvalue weighted by atomic mass is 9.94. The lowest BCUT2D eigenvalue weighted by molar-refractivity contribution is 0.377. The molecule has 3 nitrogen and oxygen atoms in total. The first-order chi connectivity index (χ1) is 8.20. The highest BCUT2D eigenvalue weighted by Gasteiger charge is 2.24. The standard InChI is InChI=1S/C13H23N3S/c1-4-14-8-12-9-15-13(17-12)16-6-5-10(2)7-11(16)3/h9-11,14H,4-8H2,1-3H3. The van der Waals surface area contributed by atoms with E-state index in [9.17, 15) is 0 Å². The van der Waals surface area contributed by atoms with E-state index in [4.69, 9.17) is 0 Å². The largest absolute Gasteiger partial charge is 0.345 e. The first-order valence-corrected chi connectivity index (χ1v) is 7.44. The molecule has 2 unspecified atom stereocenters. The predicted octanol–water partition coefficient (Wildman–Crippen LogP) is 2.88. The Morgan fingerprint density at radius 3 is 3.06 bits per heavy atom. The van der Waals surface area contributed by atoms with Crippen molar-refractivity contribution in [2.75, 3.05) is 18.0 Å². The van der Waals surface area contributed by atoms with Gasteiger partial charge in [-0.2, -0.15) is 0 Å². The van der Waals surface area contributed by atoms with Crippen molar-refractivity contribution in [2.45, 2.75) is 46.2 Å².